The lowest BCUT2D eigenvalue weighted by Gasteiger charge is -2.10. The summed E-state index contributed by atoms with van der Waals surface area (Å²) in [6.07, 6.45) is 0. The SMILES string of the molecule is CC(C)C(=O)COc1ccc(Cn2c(=O)oc3cc(O)ccc32)cc1O. The summed E-state index contributed by atoms with van der Waals surface area (Å²) in [5.41, 5.74) is 1.48. The molecule has 0 saturated heterocycles. The van der Waals surface area contributed by atoms with Crippen LogP contribution in [0.3, 0.4) is 0 Å². The lowest BCUT2D eigenvalue weighted by Crippen LogP contribution is -2.17. The van der Waals surface area contributed by atoms with E-state index in [-0.39, 0.29) is 47.7 Å². The average Bonchev–Trinajstić information content (AvgIpc) is 2.88. The second-order valence-electron chi connectivity index (χ2n) is 6.32. The fourth-order valence-electron chi connectivity index (χ4n) is 2.49. The van der Waals surface area contributed by atoms with Gasteiger partial charge in [0.1, 0.15) is 12.4 Å². The molecule has 136 valence electrons. The average molecular weight is 357 g/mol. The Balaban J connectivity index is 1.81. The molecule has 7 heteroatoms. The number of carbonyl (C=O) groups excluding carboxylic acids is 1. The summed E-state index contributed by atoms with van der Waals surface area (Å²) in [4.78, 5) is 23.7. The van der Waals surface area contributed by atoms with Crippen LogP contribution < -0.4 is 10.5 Å². The van der Waals surface area contributed by atoms with E-state index in [2.05, 4.69) is 0 Å². The molecule has 1 aromatic heterocycles. The number of aromatic nitrogens is 1. The fourth-order valence-corrected chi connectivity index (χ4v) is 2.49. The molecular formula is C19H19NO6. The molecule has 26 heavy (non-hydrogen) atoms. The van der Waals surface area contributed by atoms with Crippen LogP contribution >= 0.6 is 0 Å². The molecule has 2 N–H and O–H groups in total. The van der Waals surface area contributed by atoms with Gasteiger partial charge in [-0.3, -0.25) is 9.36 Å². The van der Waals surface area contributed by atoms with Gasteiger partial charge in [0, 0.05) is 12.0 Å². The predicted molar refractivity (Wildman–Crippen MR) is 94.7 cm³/mol. The van der Waals surface area contributed by atoms with E-state index in [1.54, 1.807) is 32.0 Å². The highest BCUT2D eigenvalue weighted by atomic mass is 16.5. The van der Waals surface area contributed by atoms with Crippen molar-refractivity contribution < 1.29 is 24.2 Å². The zero-order chi connectivity index (χ0) is 18.8. The molecule has 0 aliphatic rings. The molecule has 0 unspecified atom stereocenters. The molecule has 0 bridgehead atoms. The maximum atomic E-state index is 12.0. The highest BCUT2D eigenvalue weighted by molar-refractivity contribution is 5.81. The molecule has 2 aromatic carbocycles. The summed E-state index contributed by atoms with van der Waals surface area (Å²) >= 11 is 0. The molecule has 0 aliphatic heterocycles. The van der Waals surface area contributed by atoms with Crippen molar-refractivity contribution >= 4 is 16.9 Å². The molecule has 0 saturated carbocycles. The Morgan fingerprint density at radius 3 is 2.65 bits per heavy atom. The Morgan fingerprint density at radius 2 is 1.96 bits per heavy atom. The number of benzene rings is 2. The number of fused-ring (bicyclic) bond motifs is 1. The normalized spacial score (nSPS) is 11.2. The van der Waals surface area contributed by atoms with Gasteiger partial charge in [-0.2, -0.15) is 0 Å². The Hall–Kier alpha value is -3.22. The van der Waals surface area contributed by atoms with Gasteiger partial charge in [0.15, 0.2) is 22.9 Å². The number of phenols is 2. The Morgan fingerprint density at radius 1 is 1.19 bits per heavy atom. The molecule has 0 spiro atoms. The van der Waals surface area contributed by atoms with Crippen LogP contribution in [0.2, 0.25) is 0 Å². The van der Waals surface area contributed by atoms with E-state index in [0.29, 0.717) is 11.1 Å². The van der Waals surface area contributed by atoms with E-state index in [9.17, 15) is 19.8 Å². The molecule has 0 aliphatic carbocycles. The van der Waals surface area contributed by atoms with Crippen LogP contribution in [0, 0.1) is 5.92 Å². The van der Waals surface area contributed by atoms with Gasteiger partial charge in [-0.05, 0) is 29.8 Å². The molecule has 7 nitrogen and oxygen atoms in total. The minimum atomic E-state index is -0.562. The highest BCUT2D eigenvalue weighted by Crippen LogP contribution is 2.28. The second kappa shape index (κ2) is 6.95. The number of hydrogen-bond acceptors (Lipinski definition) is 6. The summed E-state index contributed by atoms with van der Waals surface area (Å²) in [5, 5.41) is 19.6. The first-order valence-electron chi connectivity index (χ1n) is 8.15. The van der Waals surface area contributed by atoms with Gasteiger partial charge in [-0.25, -0.2) is 4.79 Å². The highest BCUT2D eigenvalue weighted by Gasteiger charge is 2.13. The smallest absolute Gasteiger partial charge is 0.420 e. The topological polar surface area (TPSA) is 102 Å². The van der Waals surface area contributed by atoms with Gasteiger partial charge in [0.05, 0.1) is 12.1 Å². The van der Waals surface area contributed by atoms with Crippen molar-refractivity contribution in [1.29, 1.82) is 0 Å². The van der Waals surface area contributed by atoms with Crippen LogP contribution in [0.25, 0.3) is 11.1 Å². The third kappa shape index (κ3) is 3.56. The first-order valence-corrected chi connectivity index (χ1v) is 8.15. The number of ketones is 1. The Bertz CT molecular complexity index is 1010. The Kier molecular flexibility index (Phi) is 4.71. The molecule has 0 amide bonds. The standard InChI is InChI=1S/C19H19NO6/c1-11(2)16(23)10-25-17-6-3-12(7-15(17)22)9-20-14-5-4-13(21)8-18(14)26-19(20)24/h3-8,11,21-22H,9-10H2,1-2H3. The zero-order valence-corrected chi connectivity index (χ0v) is 14.4. The van der Waals surface area contributed by atoms with Crippen molar-refractivity contribution in [1.82, 2.24) is 4.57 Å². The van der Waals surface area contributed by atoms with E-state index in [0.717, 1.165) is 0 Å². The first-order chi connectivity index (χ1) is 12.3. The Labute approximate surface area is 149 Å². The molecule has 3 aromatic rings. The maximum Gasteiger partial charge on any atom is 0.420 e. The van der Waals surface area contributed by atoms with Crippen LogP contribution in [-0.4, -0.2) is 27.2 Å². The third-order valence-electron chi connectivity index (χ3n) is 4.03. The third-order valence-corrected chi connectivity index (χ3v) is 4.03. The second-order valence-corrected chi connectivity index (χ2v) is 6.32. The number of hydrogen-bond donors (Lipinski definition) is 2. The van der Waals surface area contributed by atoms with Crippen molar-refractivity contribution in [2.75, 3.05) is 6.61 Å². The van der Waals surface area contributed by atoms with Crippen molar-refractivity contribution in [2.45, 2.75) is 20.4 Å². The van der Waals surface area contributed by atoms with E-state index >= 15 is 0 Å². The zero-order valence-electron chi connectivity index (χ0n) is 14.4. The monoisotopic (exact) mass is 357 g/mol. The largest absolute Gasteiger partial charge is 0.508 e. The first kappa shape index (κ1) is 17.6. The number of ether oxygens (including phenoxy) is 1. The van der Waals surface area contributed by atoms with Crippen molar-refractivity contribution in [3.8, 4) is 17.2 Å². The molecule has 0 radical (unpaired) electrons. The molecular weight excluding hydrogens is 338 g/mol. The number of aromatic hydroxyl groups is 2. The number of phenolic OH excluding ortho intramolecular Hbond substituents is 2. The summed E-state index contributed by atoms with van der Waals surface area (Å²) in [5.74, 6) is -0.665. The van der Waals surface area contributed by atoms with Crippen molar-refractivity contribution in [3.05, 3.63) is 52.5 Å². The number of rotatable bonds is 6. The predicted octanol–water partition coefficient (Wildman–Crippen LogP) is 2.66. The molecule has 0 fully saturated rings. The quantitative estimate of drug-likeness (QED) is 0.703. The van der Waals surface area contributed by atoms with Crippen LogP contribution in [0.15, 0.2) is 45.6 Å². The summed E-state index contributed by atoms with van der Waals surface area (Å²) in [6.45, 7) is 3.62. The fraction of sp³-hybridized carbons (Fsp3) is 0.263. The van der Waals surface area contributed by atoms with Crippen LogP contribution in [0.5, 0.6) is 17.2 Å². The van der Waals surface area contributed by atoms with Gasteiger partial charge in [0.2, 0.25) is 0 Å². The number of nitrogens with zero attached hydrogens (tertiary/aromatic N) is 1. The lowest BCUT2D eigenvalue weighted by atomic mass is 10.1. The van der Waals surface area contributed by atoms with Crippen LogP contribution in [-0.2, 0) is 11.3 Å². The van der Waals surface area contributed by atoms with Gasteiger partial charge >= 0.3 is 5.76 Å². The number of oxazole rings is 1. The molecule has 3 rings (SSSR count). The lowest BCUT2D eigenvalue weighted by molar-refractivity contribution is -0.123. The number of carbonyl (C=O) groups is 1. The minimum Gasteiger partial charge on any atom is -0.508 e. The van der Waals surface area contributed by atoms with Crippen molar-refractivity contribution in [3.63, 3.8) is 0 Å². The van der Waals surface area contributed by atoms with E-state index < -0.39 is 5.76 Å². The summed E-state index contributed by atoms with van der Waals surface area (Å²) < 4.78 is 11.9. The minimum absolute atomic E-state index is 0.00786. The van der Waals surface area contributed by atoms with Crippen LogP contribution in [0.4, 0.5) is 0 Å². The summed E-state index contributed by atoms with van der Waals surface area (Å²) in [6, 6.07) is 9.14. The van der Waals surface area contributed by atoms with Crippen molar-refractivity contribution in [2.24, 2.45) is 5.92 Å². The van der Waals surface area contributed by atoms with E-state index in [1.165, 1.54) is 22.8 Å². The van der Waals surface area contributed by atoms with Crippen LogP contribution in [0.1, 0.15) is 19.4 Å². The maximum absolute atomic E-state index is 12.0. The molecule has 0 atom stereocenters. The molecule has 1 heterocycles. The van der Waals surface area contributed by atoms with Gasteiger partial charge in [0.25, 0.3) is 0 Å². The number of Topliss-reactive ketones (excluding diaryl/α,β-unsaturated/α-hetero) is 1. The summed E-state index contributed by atoms with van der Waals surface area (Å²) in [7, 11) is 0. The van der Waals surface area contributed by atoms with Gasteiger partial charge < -0.3 is 19.4 Å². The van der Waals surface area contributed by atoms with Gasteiger partial charge in [-0.1, -0.05) is 19.9 Å². The van der Waals surface area contributed by atoms with Gasteiger partial charge in [-0.15, -0.1) is 0 Å². The van der Waals surface area contributed by atoms with E-state index in [1.807, 2.05) is 0 Å². The van der Waals surface area contributed by atoms with E-state index in [4.69, 9.17) is 9.15 Å².